The van der Waals surface area contributed by atoms with Gasteiger partial charge in [-0.15, -0.1) is 0 Å². The van der Waals surface area contributed by atoms with Gasteiger partial charge < -0.3 is 23.7 Å². The molecule has 1 saturated heterocycles. The maximum Gasteiger partial charge on any atom is 0.344 e. The molecule has 0 radical (unpaired) electrons. The standard InChI is InChI=1S/C29H36N2O5/c1-29(2,3)36-28(33)20-34-23-12-9-11-21(16-23)25(19-31-14-7-8-15-31)30(4)27(32)18-24-17-22-10-5-6-13-26(22)35-24/h5-6,9-13,16-17,25H,7-8,14-15,18-20H2,1-4H3/t25-/m1/s1. The largest absolute Gasteiger partial charge is 0.482 e. The average molecular weight is 493 g/mol. The molecule has 1 aliphatic heterocycles. The van der Waals surface area contributed by atoms with Gasteiger partial charge in [0, 0.05) is 19.0 Å². The van der Waals surface area contributed by atoms with E-state index in [-0.39, 0.29) is 25.0 Å². The van der Waals surface area contributed by atoms with E-state index in [1.807, 2.05) is 82.4 Å². The quantitative estimate of drug-likeness (QED) is 0.392. The minimum absolute atomic E-state index is 0.0154. The summed E-state index contributed by atoms with van der Waals surface area (Å²) in [6, 6.07) is 17.2. The third-order valence-electron chi connectivity index (χ3n) is 6.31. The molecule has 1 aliphatic rings. The lowest BCUT2D eigenvalue weighted by Crippen LogP contribution is -2.39. The van der Waals surface area contributed by atoms with Gasteiger partial charge in [0.2, 0.25) is 5.91 Å². The number of hydrogen-bond donors (Lipinski definition) is 0. The summed E-state index contributed by atoms with van der Waals surface area (Å²) in [7, 11) is 1.85. The van der Waals surface area contributed by atoms with Crippen LogP contribution in [-0.4, -0.2) is 60.6 Å². The van der Waals surface area contributed by atoms with E-state index in [1.165, 1.54) is 12.8 Å². The number of para-hydroxylation sites is 1. The number of nitrogens with zero attached hydrogens (tertiary/aromatic N) is 2. The Morgan fingerprint density at radius 1 is 1.06 bits per heavy atom. The van der Waals surface area contributed by atoms with Gasteiger partial charge in [-0.1, -0.05) is 30.3 Å². The lowest BCUT2D eigenvalue weighted by atomic mass is 10.0. The molecule has 192 valence electrons. The molecule has 1 aromatic heterocycles. The van der Waals surface area contributed by atoms with Crippen LogP contribution in [0.15, 0.2) is 59.0 Å². The van der Waals surface area contributed by atoms with E-state index in [4.69, 9.17) is 13.9 Å². The number of fused-ring (bicyclic) bond motifs is 1. The van der Waals surface area contributed by atoms with Gasteiger partial charge >= 0.3 is 5.97 Å². The lowest BCUT2D eigenvalue weighted by molar-refractivity contribution is -0.157. The SMILES string of the molecule is CN(C(=O)Cc1cc2ccccc2o1)[C@H](CN1CCCC1)c1cccc(OCC(=O)OC(C)(C)C)c1. The summed E-state index contributed by atoms with van der Waals surface area (Å²) in [5, 5.41) is 0.992. The molecule has 4 rings (SSSR count). The highest BCUT2D eigenvalue weighted by molar-refractivity contribution is 5.82. The first-order valence-corrected chi connectivity index (χ1v) is 12.6. The first kappa shape index (κ1) is 25.8. The van der Waals surface area contributed by atoms with Crippen molar-refractivity contribution in [3.8, 4) is 5.75 Å². The number of amides is 1. The van der Waals surface area contributed by atoms with E-state index in [9.17, 15) is 9.59 Å². The zero-order chi connectivity index (χ0) is 25.7. The van der Waals surface area contributed by atoms with Crippen LogP contribution in [-0.2, 0) is 20.7 Å². The Morgan fingerprint density at radius 3 is 2.53 bits per heavy atom. The van der Waals surface area contributed by atoms with Crippen molar-refractivity contribution in [3.05, 3.63) is 65.9 Å². The number of carbonyl (C=O) groups is 2. The van der Waals surface area contributed by atoms with Crippen LogP contribution in [0, 0.1) is 0 Å². The van der Waals surface area contributed by atoms with E-state index >= 15 is 0 Å². The molecule has 36 heavy (non-hydrogen) atoms. The molecule has 2 aromatic carbocycles. The number of likely N-dealkylation sites (N-methyl/N-ethyl adjacent to an activating group) is 1. The zero-order valence-electron chi connectivity index (χ0n) is 21.7. The van der Waals surface area contributed by atoms with E-state index in [1.54, 1.807) is 4.90 Å². The van der Waals surface area contributed by atoms with Crippen LogP contribution in [0.2, 0.25) is 0 Å². The van der Waals surface area contributed by atoms with Gasteiger partial charge in [0.25, 0.3) is 0 Å². The van der Waals surface area contributed by atoms with Gasteiger partial charge in [-0.05, 0) is 76.5 Å². The van der Waals surface area contributed by atoms with Crippen molar-refractivity contribution in [3.63, 3.8) is 0 Å². The minimum atomic E-state index is -0.563. The Bertz CT molecular complexity index is 1160. The second-order valence-corrected chi connectivity index (χ2v) is 10.4. The highest BCUT2D eigenvalue weighted by atomic mass is 16.6. The Morgan fingerprint density at radius 2 is 1.81 bits per heavy atom. The zero-order valence-corrected chi connectivity index (χ0v) is 21.7. The van der Waals surface area contributed by atoms with Crippen LogP contribution in [0.4, 0.5) is 0 Å². The summed E-state index contributed by atoms with van der Waals surface area (Å²) in [4.78, 5) is 29.7. The predicted octanol–water partition coefficient (Wildman–Crippen LogP) is 4.99. The summed E-state index contributed by atoms with van der Waals surface area (Å²) in [5.74, 6) is 0.795. The van der Waals surface area contributed by atoms with Crippen LogP contribution in [0.25, 0.3) is 11.0 Å². The molecule has 1 fully saturated rings. The van der Waals surface area contributed by atoms with Gasteiger partial charge in [0.15, 0.2) is 6.61 Å². The highest BCUT2D eigenvalue weighted by Gasteiger charge is 2.27. The number of ether oxygens (including phenoxy) is 2. The predicted molar refractivity (Wildman–Crippen MR) is 139 cm³/mol. The topological polar surface area (TPSA) is 72.2 Å². The van der Waals surface area contributed by atoms with Crippen LogP contribution in [0.3, 0.4) is 0 Å². The summed E-state index contributed by atoms with van der Waals surface area (Å²) >= 11 is 0. The molecular weight excluding hydrogens is 456 g/mol. The third-order valence-corrected chi connectivity index (χ3v) is 6.31. The maximum absolute atomic E-state index is 13.4. The van der Waals surface area contributed by atoms with Crippen molar-refractivity contribution in [1.82, 2.24) is 9.80 Å². The monoisotopic (exact) mass is 492 g/mol. The molecule has 0 N–H and O–H groups in total. The van der Waals surface area contributed by atoms with Gasteiger partial charge in [0.05, 0.1) is 12.5 Å². The van der Waals surface area contributed by atoms with E-state index in [0.717, 1.165) is 36.2 Å². The van der Waals surface area contributed by atoms with Gasteiger partial charge in [0.1, 0.15) is 22.7 Å². The van der Waals surface area contributed by atoms with Crippen LogP contribution >= 0.6 is 0 Å². The molecule has 2 heterocycles. The smallest absolute Gasteiger partial charge is 0.344 e. The number of rotatable bonds is 9. The van der Waals surface area contributed by atoms with Crippen molar-refractivity contribution in [1.29, 1.82) is 0 Å². The first-order chi connectivity index (χ1) is 17.2. The van der Waals surface area contributed by atoms with Crippen molar-refractivity contribution in [2.75, 3.05) is 33.3 Å². The van der Waals surface area contributed by atoms with Crippen molar-refractivity contribution in [2.45, 2.75) is 51.7 Å². The minimum Gasteiger partial charge on any atom is -0.482 e. The second kappa shape index (κ2) is 11.2. The molecule has 7 heteroatoms. The van der Waals surface area contributed by atoms with Gasteiger partial charge in [-0.25, -0.2) is 4.79 Å². The van der Waals surface area contributed by atoms with E-state index in [0.29, 0.717) is 11.5 Å². The van der Waals surface area contributed by atoms with Crippen molar-refractivity contribution >= 4 is 22.8 Å². The number of hydrogen-bond acceptors (Lipinski definition) is 6. The summed E-state index contributed by atoms with van der Waals surface area (Å²) < 4.78 is 17.0. The molecule has 0 saturated carbocycles. The van der Waals surface area contributed by atoms with Crippen molar-refractivity contribution < 1.29 is 23.5 Å². The Hall–Kier alpha value is -3.32. The molecule has 0 bridgehead atoms. The third kappa shape index (κ3) is 6.88. The van der Waals surface area contributed by atoms with Crippen LogP contribution < -0.4 is 4.74 Å². The first-order valence-electron chi connectivity index (χ1n) is 12.6. The number of likely N-dealkylation sites (tertiary alicyclic amines) is 1. The van der Waals surface area contributed by atoms with Gasteiger partial charge in [-0.2, -0.15) is 0 Å². The maximum atomic E-state index is 13.4. The van der Waals surface area contributed by atoms with Crippen LogP contribution in [0.5, 0.6) is 5.75 Å². The number of esters is 1. The normalized spacial score (nSPS) is 15.1. The van der Waals surface area contributed by atoms with Crippen LogP contribution in [0.1, 0.15) is 51.0 Å². The molecule has 0 spiro atoms. The van der Waals surface area contributed by atoms with E-state index in [2.05, 4.69) is 4.90 Å². The lowest BCUT2D eigenvalue weighted by Gasteiger charge is -2.32. The Balaban J connectivity index is 1.49. The molecule has 3 aromatic rings. The van der Waals surface area contributed by atoms with Gasteiger partial charge in [-0.3, -0.25) is 4.79 Å². The number of benzene rings is 2. The molecular formula is C29H36N2O5. The molecule has 7 nitrogen and oxygen atoms in total. The highest BCUT2D eigenvalue weighted by Crippen LogP contribution is 2.27. The average Bonchev–Trinajstić information content (AvgIpc) is 3.49. The Labute approximate surface area is 213 Å². The second-order valence-electron chi connectivity index (χ2n) is 10.4. The summed E-state index contributed by atoms with van der Waals surface area (Å²) in [6.07, 6.45) is 2.53. The Kier molecular flexibility index (Phi) is 7.99. The summed E-state index contributed by atoms with van der Waals surface area (Å²) in [6.45, 7) is 8.09. The molecule has 1 amide bonds. The molecule has 0 unspecified atom stereocenters. The fraction of sp³-hybridized carbons (Fsp3) is 0.448. The molecule has 1 atom stereocenters. The van der Waals surface area contributed by atoms with Crippen molar-refractivity contribution in [2.24, 2.45) is 0 Å². The summed E-state index contributed by atoms with van der Waals surface area (Å²) in [5.41, 5.74) is 1.18. The fourth-order valence-electron chi connectivity index (χ4n) is 4.56. The number of furan rings is 1. The number of carbonyl (C=O) groups excluding carboxylic acids is 2. The molecule has 0 aliphatic carbocycles. The van der Waals surface area contributed by atoms with E-state index < -0.39 is 11.6 Å². The fourth-order valence-corrected chi connectivity index (χ4v) is 4.56.